The summed E-state index contributed by atoms with van der Waals surface area (Å²) in [7, 11) is 0. The van der Waals surface area contributed by atoms with E-state index in [0.717, 1.165) is 18.8 Å². The highest BCUT2D eigenvalue weighted by Crippen LogP contribution is 2.60. The van der Waals surface area contributed by atoms with Gasteiger partial charge in [-0.15, -0.1) is 0 Å². The van der Waals surface area contributed by atoms with Crippen LogP contribution in [0, 0.1) is 35.5 Å². The van der Waals surface area contributed by atoms with E-state index < -0.39 is 18.4 Å². The van der Waals surface area contributed by atoms with Crippen molar-refractivity contribution in [3.63, 3.8) is 0 Å². The van der Waals surface area contributed by atoms with Crippen LogP contribution in [0.2, 0.25) is 0 Å². The lowest BCUT2D eigenvalue weighted by atomic mass is 9.77. The van der Waals surface area contributed by atoms with Gasteiger partial charge < -0.3 is 15.7 Å². The lowest BCUT2D eigenvalue weighted by Gasteiger charge is -2.29. The summed E-state index contributed by atoms with van der Waals surface area (Å²) in [6.45, 7) is 0.0215. The number of carbonyl (C=O) groups excluding carboxylic acids is 3. The van der Waals surface area contributed by atoms with Gasteiger partial charge in [0.2, 0.25) is 11.8 Å². The molecule has 0 aromatic carbocycles. The number of amides is 2. The quantitative estimate of drug-likeness (QED) is 0.656. The Labute approximate surface area is 148 Å². The molecule has 0 aromatic rings. The zero-order chi connectivity index (χ0) is 17.6. The molecule has 3 N–H and O–H groups in total. The highest BCUT2D eigenvalue weighted by molar-refractivity contribution is 5.91. The van der Waals surface area contributed by atoms with Crippen LogP contribution in [0.3, 0.4) is 0 Å². The van der Waals surface area contributed by atoms with E-state index in [1.807, 2.05) is 0 Å². The highest BCUT2D eigenvalue weighted by atomic mass is 16.3. The molecule has 6 heteroatoms. The van der Waals surface area contributed by atoms with E-state index in [2.05, 4.69) is 10.6 Å². The van der Waals surface area contributed by atoms with Gasteiger partial charge in [0.1, 0.15) is 6.61 Å². The molecule has 25 heavy (non-hydrogen) atoms. The van der Waals surface area contributed by atoms with Crippen molar-refractivity contribution >= 4 is 17.6 Å². The van der Waals surface area contributed by atoms with Gasteiger partial charge in [-0.1, -0.05) is 0 Å². The first-order valence-electron chi connectivity index (χ1n) is 9.80. The number of aliphatic hydroxyl groups is 1. The number of aliphatic hydroxyl groups excluding tert-OH is 1. The minimum atomic E-state index is -0.746. The molecule has 6 nitrogen and oxygen atoms in total. The van der Waals surface area contributed by atoms with E-state index >= 15 is 0 Å². The smallest absolute Gasteiger partial charge is 0.223 e. The van der Waals surface area contributed by atoms with Crippen LogP contribution < -0.4 is 10.6 Å². The Bertz CT molecular complexity index is 578. The van der Waals surface area contributed by atoms with Crippen LogP contribution in [0.25, 0.3) is 0 Å². The maximum absolute atomic E-state index is 12.9. The van der Waals surface area contributed by atoms with Crippen LogP contribution in [0.5, 0.6) is 0 Å². The topological polar surface area (TPSA) is 95.5 Å². The van der Waals surface area contributed by atoms with E-state index in [9.17, 15) is 19.5 Å². The normalized spacial score (nSPS) is 40.0. The number of Topliss-reactive ketones (excluding diaryl/α,β-unsaturated/α-hetero) is 1. The number of nitrogens with one attached hydrogen (secondary N) is 2. The summed E-state index contributed by atoms with van der Waals surface area (Å²) in [5, 5.41) is 14.9. The standard InChI is InChI=1S/C19H28N2O4/c22-9-16(23)15(8-12-5-6-20-18(12)24)21-19(25)14-4-3-13-10-1-2-11(7-10)17(13)14/h10-15,17,22H,1-9H2,(H,20,24)(H,21,25)/t10-,11+,12+,13-,14+,15+,17+/m1/s1. The highest BCUT2D eigenvalue weighted by Gasteiger charge is 2.55. The lowest BCUT2D eigenvalue weighted by molar-refractivity contribution is -0.133. The van der Waals surface area contributed by atoms with Crippen LogP contribution in [0.1, 0.15) is 44.9 Å². The van der Waals surface area contributed by atoms with E-state index in [4.69, 9.17) is 0 Å². The fraction of sp³-hybridized carbons (Fsp3) is 0.842. The van der Waals surface area contributed by atoms with Crippen molar-refractivity contribution < 1.29 is 19.5 Å². The van der Waals surface area contributed by atoms with E-state index in [0.29, 0.717) is 37.1 Å². The molecule has 7 atom stereocenters. The number of fused-ring (bicyclic) bond motifs is 5. The lowest BCUT2D eigenvalue weighted by Crippen LogP contribution is -2.47. The van der Waals surface area contributed by atoms with Gasteiger partial charge in [-0.25, -0.2) is 0 Å². The number of carbonyl (C=O) groups is 3. The van der Waals surface area contributed by atoms with E-state index in [1.54, 1.807) is 0 Å². The molecule has 4 rings (SSSR count). The Balaban J connectivity index is 1.42. The number of hydrogen-bond acceptors (Lipinski definition) is 4. The summed E-state index contributed by atoms with van der Waals surface area (Å²) in [4.78, 5) is 36.8. The third-order valence-electron chi connectivity index (χ3n) is 7.31. The van der Waals surface area contributed by atoms with Crippen molar-refractivity contribution in [1.29, 1.82) is 0 Å². The van der Waals surface area contributed by atoms with Gasteiger partial charge in [0, 0.05) is 18.4 Å². The Kier molecular flexibility index (Phi) is 4.56. The molecular formula is C19H28N2O4. The summed E-state index contributed by atoms with van der Waals surface area (Å²) in [5.74, 6) is 1.94. The molecule has 1 saturated heterocycles. The maximum Gasteiger partial charge on any atom is 0.223 e. The van der Waals surface area contributed by atoms with Crippen LogP contribution in [-0.2, 0) is 14.4 Å². The predicted octanol–water partition coefficient (Wildman–Crippen LogP) is 0.631. The van der Waals surface area contributed by atoms with Crippen LogP contribution in [0.4, 0.5) is 0 Å². The van der Waals surface area contributed by atoms with E-state index in [-0.39, 0.29) is 23.7 Å². The van der Waals surface area contributed by atoms with E-state index in [1.165, 1.54) is 19.3 Å². The molecule has 4 aliphatic rings. The van der Waals surface area contributed by atoms with Gasteiger partial charge in [0.15, 0.2) is 5.78 Å². The summed E-state index contributed by atoms with van der Waals surface area (Å²) in [6, 6.07) is -0.746. The third-order valence-corrected chi connectivity index (χ3v) is 7.31. The second-order valence-electron chi connectivity index (χ2n) is 8.46. The molecule has 0 spiro atoms. The van der Waals surface area contributed by atoms with Crippen molar-refractivity contribution in [1.82, 2.24) is 10.6 Å². The zero-order valence-electron chi connectivity index (χ0n) is 14.6. The van der Waals surface area contributed by atoms with Crippen LogP contribution in [-0.4, -0.2) is 41.9 Å². The molecule has 1 heterocycles. The molecule has 138 valence electrons. The molecule has 0 aromatic heterocycles. The Morgan fingerprint density at radius 1 is 1.16 bits per heavy atom. The van der Waals surface area contributed by atoms with Gasteiger partial charge in [0.05, 0.1) is 6.04 Å². The molecule has 2 amide bonds. The second-order valence-corrected chi connectivity index (χ2v) is 8.46. The predicted molar refractivity (Wildman–Crippen MR) is 90.3 cm³/mol. The van der Waals surface area contributed by atoms with Crippen molar-refractivity contribution in [2.45, 2.75) is 51.0 Å². The van der Waals surface area contributed by atoms with Crippen molar-refractivity contribution in [3.05, 3.63) is 0 Å². The molecule has 3 saturated carbocycles. The van der Waals surface area contributed by atoms with Crippen LogP contribution in [0.15, 0.2) is 0 Å². The first-order chi connectivity index (χ1) is 12.1. The minimum absolute atomic E-state index is 0.00620. The monoisotopic (exact) mass is 348 g/mol. The first-order valence-corrected chi connectivity index (χ1v) is 9.80. The second kappa shape index (κ2) is 6.71. The average molecular weight is 348 g/mol. The molecule has 0 unspecified atom stereocenters. The molecule has 4 fully saturated rings. The SMILES string of the molecule is O=C1NCC[C@H]1C[C@H](NC(=O)[C@H]1CC[C@@H]2[C@@H]3CC[C@@H](C3)[C@@H]21)C(=O)CO. The van der Waals surface area contributed by atoms with Gasteiger partial charge >= 0.3 is 0 Å². The van der Waals surface area contributed by atoms with Crippen LogP contribution >= 0.6 is 0 Å². The van der Waals surface area contributed by atoms with Gasteiger partial charge in [-0.2, -0.15) is 0 Å². The summed E-state index contributed by atoms with van der Waals surface area (Å²) in [6.07, 6.45) is 6.87. The average Bonchev–Trinajstić information content (AvgIpc) is 3.36. The Morgan fingerprint density at radius 2 is 1.96 bits per heavy atom. The number of ketones is 1. The summed E-state index contributed by atoms with van der Waals surface area (Å²) >= 11 is 0. The van der Waals surface area contributed by atoms with Gasteiger partial charge in [-0.3, -0.25) is 14.4 Å². The first kappa shape index (κ1) is 17.0. The Hall–Kier alpha value is -1.43. The molecule has 0 radical (unpaired) electrons. The number of rotatable bonds is 6. The molecule has 1 aliphatic heterocycles. The molecular weight excluding hydrogens is 320 g/mol. The van der Waals surface area contributed by atoms with Gasteiger partial charge in [-0.05, 0) is 68.6 Å². The zero-order valence-corrected chi connectivity index (χ0v) is 14.6. The Morgan fingerprint density at radius 3 is 2.68 bits per heavy atom. The molecule has 2 bridgehead atoms. The van der Waals surface area contributed by atoms with Crippen molar-refractivity contribution in [3.8, 4) is 0 Å². The maximum atomic E-state index is 12.9. The summed E-state index contributed by atoms with van der Waals surface area (Å²) in [5.41, 5.74) is 0. The number of hydrogen-bond donors (Lipinski definition) is 3. The summed E-state index contributed by atoms with van der Waals surface area (Å²) < 4.78 is 0. The molecule has 3 aliphatic carbocycles. The fourth-order valence-corrected chi connectivity index (χ4v) is 6.19. The fourth-order valence-electron chi connectivity index (χ4n) is 6.19. The van der Waals surface area contributed by atoms with Crippen molar-refractivity contribution in [2.24, 2.45) is 35.5 Å². The largest absolute Gasteiger partial charge is 0.389 e. The van der Waals surface area contributed by atoms with Crippen molar-refractivity contribution in [2.75, 3.05) is 13.2 Å². The minimum Gasteiger partial charge on any atom is -0.389 e. The third kappa shape index (κ3) is 2.98. The van der Waals surface area contributed by atoms with Gasteiger partial charge in [0.25, 0.3) is 0 Å².